The zero-order valence-corrected chi connectivity index (χ0v) is 10.7. The van der Waals surface area contributed by atoms with Crippen LogP contribution in [0.5, 0.6) is 5.75 Å². The Morgan fingerprint density at radius 1 is 1.39 bits per heavy atom. The van der Waals surface area contributed by atoms with Gasteiger partial charge >= 0.3 is 0 Å². The highest BCUT2D eigenvalue weighted by atomic mass is 19.1. The van der Waals surface area contributed by atoms with Crippen LogP contribution in [0.3, 0.4) is 0 Å². The number of aliphatic hydroxyl groups excluding tert-OH is 1. The molecule has 1 aromatic carbocycles. The highest BCUT2D eigenvalue weighted by molar-refractivity contribution is 5.24. The molecule has 2 N–H and O–H groups in total. The molecule has 1 unspecified atom stereocenters. The Morgan fingerprint density at radius 2 is 2.11 bits per heavy atom. The first-order valence-electron chi connectivity index (χ1n) is 5.94. The lowest BCUT2D eigenvalue weighted by Gasteiger charge is -2.28. The van der Waals surface area contributed by atoms with Gasteiger partial charge in [0.05, 0.1) is 13.2 Å². The van der Waals surface area contributed by atoms with Gasteiger partial charge in [-0.1, -0.05) is 6.92 Å². The lowest BCUT2D eigenvalue weighted by Crippen LogP contribution is -2.46. The highest BCUT2D eigenvalue weighted by Gasteiger charge is 2.21. The standard InChI is InChI=1S/C13H19F2NO2/c1-3-16-13(2,9-17)6-7-18-12-5-4-10(14)8-11(12)15/h4-5,8,16-17H,3,6-7,9H2,1-2H3. The molecular formula is C13H19F2NO2. The maximum absolute atomic E-state index is 13.3. The van der Waals surface area contributed by atoms with Gasteiger partial charge in [-0.2, -0.15) is 0 Å². The number of hydrogen-bond acceptors (Lipinski definition) is 3. The van der Waals surface area contributed by atoms with Crippen molar-refractivity contribution in [3.63, 3.8) is 0 Å². The van der Waals surface area contributed by atoms with Crippen molar-refractivity contribution in [3.8, 4) is 5.75 Å². The van der Waals surface area contributed by atoms with Crippen molar-refractivity contribution in [2.24, 2.45) is 0 Å². The van der Waals surface area contributed by atoms with E-state index < -0.39 is 17.2 Å². The minimum Gasteiger partial charge on any atom is -0.490 e. The molecule has 0 saturated heterocycles. The molecule has 102 valence electrons. The lowest BCUT2D eigenvalue weighted by atomic mass is 10.00. The fraction of sp³-hybridized carbons (Fsp3) is 0.538. The van der Waals surface area contributed by atoms with E-state index in [4.69, 9.17) is 4.74 Å². The summed E-state index contributed by atoms with van der Waals surface area (Å²) in [6.07, 6.45) is 0.522. The lowest BCUT2D eigenvalue weighted by molar-refractivity contribution is 0.144. The van der Waals surface area contributed by atoms with Crippen molar-refractivity contribution in [1.82, 2.24) is 5.32 Å². The first-order chi connectivity index (χ1) is 8.50. The predicted octanol–water partition coefficient (Wildman–Crippen LogP) is 2.09. The van der Waals surface area contributed by atoms with Crippen LogP contribution < -0.4 is 10.1 Å². The summed E-state index contributed by atoms with van der Waals surface area (Å²) in [5.41, 5.74) is -0.453. The fourth-order valence-electron chi connectivity index (χ4n) is 1.63. The van der Waals surface area contributed by atoms with Crippen molar-refractivity contribution < 1.29 is 18.6 Å². The molecule has 18 heavy (non-hydrogen) atoms. The second-order valence-corrected chi connectivity index (χ2v) is 4.42. The number of likely N-dealkylation sites (N-methyl/N-ethyl adjacent to an activating group) is 1. The molecule has 0 radical (unpaired) electrons. The van der Waals surface area contributed by atoms with Crippen LogP contribution in [0.4, 0.5) is 8.78 Å². The molecule has 5 heteroatoms. The summed E-state index contributed by atoms with van der Waals surface area (Å²) in [4.78, 5) is 0. The third-order valence-electron chi connectivity index (χ3n) is 2.76. The van der Waals surface area contributed by atoms with Crippen molar-refractivity contribution in [2.75, 3.05) is 19.8 Å². The Labute approximate surface area is 106 Å². The zero-order chi connectivity index (χ0) is 13.6. The minimum absolute atomic E-state index is 0.0215. The van der Waals surface area contributed by atoms with Gasteiger partial charge in [0.25, 0.3) is 0 Å². The van der Waals surface area contributed by atoms with E-state index in [1.165, 1.54) is 6.07 Å². The van der Waals surface area contributed by atoms with E-state index >= 15 is 0 Å². The molecule has 1 rings (SSSR count). The molecule has 0 spiro atoms. The van der Waals surface area contributed by atoms with Crippen molar-refractivity contribution in [1.29, 1.82) is 0 Å². The summed E-state index contributed by atoms with van der Waals surface area (Å²) in [5, 5.41) is 12.4. The van der Waals surface area contributed by atoms with Gasteiger partial charge in [0.2, 0.25) is 0 Å². The van der Waals surface area contributed by atoms with Gasteiger partial charge in [-0.3, -0.25) is 0 Å². The van der Waals surface area contributed by atoms with Gasteiger partial charge in [-0.15, -0.1) is 0 Å². The molecule has 1 aromatic rings. The number of hydrogen-bond donors (Lipinski definition) is 2. The number of aliphatic hydroxyl groups is 1. The van der Waals surface area contributed by atoms with E-state index in [2.05, 4.69) is 5.32 Å². The first-order valence-corrected chi connectivity index (χ1v) is 5.94. The summed E-state index contributed by atoms with van der Waals surface area (Å²) in [7, 11) is 0. The normalized spacial score (nSPS) is 14.3. The molecule has 0 aromatic heterocycles. The van der Waals surface area contributed by atoms with E-state index in [0.29, 0.717) is 6.42 Å². The molecule has 0 heterocycles. The molecule has 3 nitrogen and oxygen atoms in total. The summed E-state index contributed by atoms with van der Waals surface area (Å²) >= 11 is 0. The summed E-state index contributed by atoms with van der Waals surface area (Å²) in [6.45, 7) is 4.74. The van der Waals surface area contributed by atoms with Gasteiger partial charge in [0, 0.05) is 18.0 Å². The van der Waals surface area contributed by atoms with Crippen molar-refractivity contribution >= 4 is 0 Å². The minimum atomic E-state index is -0.718. The van der Waals surface area contributed by atoms with Crippen LogP contribution in [0.1, 0.15) is 20.3 Å². The smallest absolute Gasteiger partial charge is 0.167 e. The monoisotopic (exact) mass is 259 g/mol. The molecule has 0 bridgehead atoms. The molecule has 0 aliphatic heterocycles. The van der Waals surface area contributed by atoms with Crippen LogP contribution in [0.15, 0.2) is 18.2 Å². The van der Waals surface area contributed by atoms with Gasteiger partial charge in [-0.25, -0.2) is 8.78 Å². The van der Waals surface area contributed by atoms with E-state index in [0.717, 1.165) is 18.7 Å². The van der Waals surface area contributed by atoms with Crippen molar-refractivity contribution in [3.05, 3.63) is 29.8 Å². The Morgan fingerprint density at radius 3 is 2.67 bits per heavy atom. The summed E-state index contributed by atoms with van der Waals surface area (Å²) in [5.74, 6) is -1.33. The largest absolute Gasteiger partial charge is 0.490 e. The van der Waals surface area contributed by atoms with Crippen LogP contribution in [-0.2, 0) is 0 Å². The van der Waals surface area contributed by atoms with Crippen LogP contribution in [0.25, 0.3) is 0 Å². The number of rotatable bonds is 7. The second-order valence-electron chi connectivity index (χ2n) is 4.42. The topological polar surface area (TPSA) is 41.5 Å². The maximum atomic E-state index is 13.3. The summed E-state index contributed by atoms with van der Waals surface area (Å²) in [6, 6.07) is 3.19. The molecule has 0 amide bonds. The Hall–Kier alpha value is -1.20. The number of ether oxygens (including phenoxy) is 1. The zero-order valence-electron chi connectivity index (χ0n) is 10.7. The molecular weight excluding hydrogens is 240 g/mol. The van der Waals surface area contributed by atoms with Crippen molar-refractivity contribution in [2.45, 2.75) is 25.8 Å². The van der Waals surface area contributed by atoms with Crippen LogP contribution in [0, 0.1) is 11.6 Å². The molecule has 0 fully saturated rings. The third kappa shape index (κ3) is 4.23. The molecule has 0 saturated carbocycles. The molecule has 1 atom stereocenters. The molecule has 0 aliphatic rings. The maximum Gasteiger partial charge on any atom is 0.167 e. The van der Waals surface area contributed by atoms with E-state index in [1.807, 2.05) is 13.8 Å². The van der Waals surface area contributed by atoms with E-state index in [9.17, 15) is 13.9 Å². The van der Waals surface area contributed by atoms with Gasteiger partial charge < -0.3 is 15.2 Å². The van der Waals surface area contributed by atoms with Crippen LogP contribution in [0.2, 0.25) is 0 Å². The average Bonchev–Trinajstić information content (AvgIpc) is 2.32. The Kier molecular flexibility index (Phi) is 5.50. The number of nitrogens with one attached hydrogen (secondary N) is 1. The van der Waals surface area contributed by atoms with Gasteiger partial charge in [0.1, 0.15) is 5.82 Å². The van der Waals surface area contributed by atoms with E-state index in [-0.39, 0.29) is 19.0 Å². The quantitative estimate of drug-likeness (QED) is 0.788. The first kappa shape index (κ1) is 14.9. The number of benzene rings is 1. The number of halogens is 2. The SMILES string of the molecule is CCNC(C)(CO)CCOc1ccc(F)cc1F. The Balaban J connectivity index is 2.50. The predicted molar refractivity (Wildman–Crippen MR) is 65.6 cm³/mol. The van der Waals surface area contributed by atoms with Gasteiger partial charge in [-0.05, 0) is 25.6 Å². The third-order valence-corrected chi connectivity index (χ3v) is 2.76. The van der Waals surface area contributed by atoms with Crippen LogP contribution in [-0.4, -0.2) is 30.4 Å². The van der Waals surface area contributed by atoms with Crippen LogP contribution >= 0.6 is 0 Å². The Bertz CT molecular complexity index is 387. The second kappa shape index (κ2) is 6.66. The highest BCUT2D eigenvalue weighted by Crippen LogP contribution is 2.18. The van der Waals surface area contributed by atoms with E-state index in [1.54, 1.807) is 0 Å². The fourth-order valence-corrected chi connectivity index (χ4v) is 1.63. The summed E-state index contributed by atoms with van der Waals surface area (Å²) < 4.78 is 31.2. The molecule has 0 aliphatic carbocycles. The average molecular weight is 259 g/mol. The van der Waals surface area contributed by atoms with Gasteiger partial charge in [0.15, 0.2) is 11.6 Å².